The summed E-state index contributed by atoms with van der Waals surface area (Å²) in [5, 5.41) is 3.67. The average molecular weight is 415 g/mol. The highest BCUT2D eigenvalue weighted by Gasteiger charge is 2.33. The van der Waals surface area contributed by atoms with Crippen LogP contribution in [0.15, 0.2) is 54.6 Å². The smallest absolute Gasteiger partial charge is 0.407 e. The molecule has 3 rings (SSSR count). The van der Waals surface area contributed by atoms with Crippen molar-refractivity contribution in [2.24, 2.45) is 5.92 Å². The largest absolute Gasteiger partial charge is 0.444 e. The molecule has 1 heterocycles. The number of alkyl carbamates (subject to hydrolysis) is 1. The zero-order valence-corrected chi connectivity index (χ0v) is 18.3. The highest BCUT2D eigenvalue weighted by atomic mass is 35.5. The SMILES string of the molecule is CC(C)(C)OC(=O)NCC[C@@H]1CN(Cc2ccccc2)C[C@H]1c1ccc(Cl)cc1. The zero-order valence-electron chi connectivity index (χ0n) is 17.5. The van der Waals surface area contributed by atoms with Crippen molar-refractivity contribution in [1.82, 2.24) is 10.2 Å². The summed E-state index contributed by atoms with van der Waals surface area (Å²) < 4.78 is 5.35. The fraction of sp³-hybridized carbons (Fsp3) is 0.458. The van der Waals surface area contributed by atoms with Gasteiger partial charge in [0.15, 0.2) is 0 Å². The van der Waals surface area contributed by atoms with Crippen LogP contribution < -0.4 is 5.32 Å². The maximum absolute atomic E-state index is 12.0. The number of benzene rings is 2. The van der Waals surface area contributed by atoms with Gasteiger partial charge in [0.25, 0.3) is 0 Å². The van der Waals surface area contributed by atoms with Crippen molar-refractivity contribution in [1.29, 1.82) is 0 Å². The van der Waals surface area contributed by atoms with Crippen LogP contribution in [0.25, 0.3) is 0 Å². The zero-order chi connectivity index (χ0) is 20.9. The fourth-order valence-electron chi connectivity index (χ4n) is 3.99. The first-order valence-electron chi connectivity index (χ1n) is 10.3. The van der Waals surface area contributed by atoms with Gasteiger partial charge >= 0.3 is 6.09 Å². The van der Waals surface area contributed by atoms with Crippen LogP contribution in [0.1, 0.15) is 44.2 Å². The number of carbonyl (C=O) groups excluding carboxylic acids is 1. The summed E-state index contributed by atoms with van der Waals surface area (Å²) in [5.74, 6) is 0.895. The number of amides is 1. The molecule has 29 heavy (non-hydrogen) atoms. The van der Waals surface area contributed by atoms with Crippen LogP contribution in [-0.4, -0.2) is 36.2 Å². The Bertz CT molecular complexity index is 787. The third kappa shape index (κ3) is 6.76. The Morgan fingerprint density at radius 1 is 1.10 bits per heavy atom. The lowest BCUT2D eigenvalue weighted by atomic mass is 9.87. The first-order chi connectivity index (χ1) is 13.8. The van der Waals surface area contributed by atoms with Crippen LogP contribution in [0.4, 0.5) is 4.79 Å². The summed E-state index contributed by atoms with van der Waals surface area (Å²) >= 11 is 6.09. The van der Waals surface area contributed by atoms with Crippen LogP contribution >= 0.6 is 11.6 Å². The van der Waals surface area contributed by atoms with E-state index in [1.807, 2.05) is 32.9 Å². The lowest BCUT2D eigenvalue weighted by Crippen LogP contribution is -2.34. The molecule has 0 saturated carbocycles. The Morgan fingerprint density at radius 2 is 1.79 bits per heavy atom. The fourth-order valence-corrected chi connectivity index (χ4v) is 4.11. The maximum Gasteiger partial charge on any atom is 0.407 e. The molecule has 0 aromatic heterocycles. The number of likely N-dealkylation sites (tertiary alicyclic amines) is 1. The second kappa shape index (κ2) is 9.64. The van der Waals surface area contributed by atoms with Gasteiger partial charge in [-0.15, -0.1) is 0 Å². The molecule has 0 radical (unpaired) electrons. The van der Waals surface area contributed by atoms with Crippen molar-refractivity contribution in [2.75, 3.05) is 19.6 Å². The molecule has 0 bridgehead atoms. The number of ether oxygens (including phenoxy) is 1. The Labute approximate surface area is 179 Å². The number of hydrogen-bond donors (Lipinski definition) is 1. The minimum Gasteiger partial charge on any atom is -0.444 e. The Morgan fingerprint density at radius 3 is 2.45 bits per heavy atom. The number of hydrogen-bond acceptors (Lipinski definition) is 3. The number of carbonyl (C=O) groups is 1. The standard InChI is InChI=1S/C24H31ClN2O2/c1-24(2,3)29-23(28)26-14-13-20-16-27(15-18-7-5-4-6-8-18)17-22(20)19-9-11-21(25)12-10-19/h4-12,20,22H,13-17H2,1-3H3,(H,26,28)/t20-,22+/m1/s1. The number of nitrogens with zero attached hydrogens (tertiary/aromatic N) is 1. The monoisotopic (exact) mass is 414 g/mol. The summed E-state index contributed by atoms with van der Waals surface area (Å²) in [5.41, 5.74) is 2.16. The molecule has 0 spiro atoms. The van der Waals surface area contributed by atoms with Gasteiger partial charge in [-0.05, 0) is 56.4 Å². The average Bonchev–Trinajstić information content (AvgIpc) is 3.04. The number of halogens is 1. The van der Waals surface area contributed by atoms with Gasteiger partial charge in [-0.1, -0.05) is 54.1 Å². The molecule has 1 N–H and O–H groups in total. The summed E-state index contributed by atoms with van der Waals surface area (Å²) in [6.45, 7) is 9.21. The Balaban J connectivity index is 1.63. The van der Waals surface area contributed by atoms with Gasteiger partial charge < -0.3 is 10.1 Å². The molecule has 1 aliphatic rings. The minimum atomic E-state index is -0.476. The topological polar surface area (TPSA) is 41.6 Å². The lowest BCUT2D eigenvalue weighted by molar-refractivity contribution is 0.0525. The van der Waals surface area contributed by atoms with E-state index in [9.17, 15) is 4.79 Å². The molecule has 4 nitrogen and oxygen atoms in total. The normalized spacial score (nSPS) is 19.9. The molecular formula is C24H31ClN2O2. The summed E-state index contributed by atoms with van der Waals surface area (Å²) in [6.07, 6.45) is 0.567. The van der Waals surface area contributed by atoms with E-state index >= 15 is 0 Å². The molecule has 0 aliphatic carbocycles. The maximum atomic E-state index is 12.0. The molecule has 156 valence electrons. The van der Waals surface area contributed by atoms with E-state index in [-0.39, 0.29) is 6.09 Å². The Hall–Kier alpha value is -2.04. The predicted molar refractivity (Wildman–Crippen MR) is 118 cm³/mol. The van der Waals surface area contributed by atoms with Crippen molar-refractivity contribution in [3.8, 4) is 0 Å². The number of rotatable bonds is 6. The van der Waals surface area contributed by atoms with Crippen LogP contribution in [0.3, 0.4) is 0 Å². The molecular weight excluding hydrogens is 384 g/mol. The van der Waals surface area contributed by atoms with Gasteiger partial charge in [0.1, 0.15) is 5.60 Å². The summed E-state index contributed by atoms with van der Waals surface area (Å²) in [7, 11) is 0. The van der Waals surface area contributed by atoms with E-state index in [1.54, 1.807) is 0 Å². The van der Waals surface area contributed by atoms with E-state index in [1.165, 1.54) is 11.1 Å². The van der Waals surface area contributed by atoms with E-state index in [2.05, 4.69) is 52.7 Å². The van der Waals surface area contributed by atoms with Crippen molar-refractivity contribution in [3.05, 3.63) is 70.7 Å². The second-order valence-electron chi connectivity index (χ2n) is 8.82. The minimum absolute atomic E-state index is 0.348. The van der Waals surface area contributed by atoms with Crippen LogP contribution in [0, 0.1) is 5.92 Å². The summed E-state index contributed by atoms with van der Waals surface area (Å²) in [4.78, 5) is 14.5. The highest BCUT2D eigenvalue weighted by molar-refractivity contribution is 6.30. The van der Waals surface area contributed by atoms with Gasteiger partial charge in [-0.25, -0.2) is 4.79 Å². The first-order valence-corrected chi connectivity index (χ1v) is 10.7. The van der Waals surface area contributed by atoms with Gasteiger partial charge in [0, 0.05) is 37.1 Å². The second-order valence-corrected chi connectivity index (χ2v) is 9.25. The first kappa shape index (κ1) is 21.7. The molecule has 1 amide bonds. The molecule has 5 heteroatoms. The highest BCUT2D eigenvalue weighted by Crippen LogP contribution is 2.35. The number of nitrogens with one attached hydrogen (secondary N) is 1. The van der Waals surface area contributed by atoms with Crippen molar-refractivity contribution in [3.63, 3.8) is 0 Å². The molecule has 1 fully saturated rings. The lowest BCUT2D eigenvalue weighted by Gasteiger charge is -2.21. The van der Waals surface area contributed by atoms with Crippen LogP contribution in [0.5, 0.6) is 0 Å². The van der Waals surface area contributed by atoms with Gasteiger partial charge in [0.2, 0.25) is 0 Å². The van der Waals surface area contributed by atoms with Gasteiger partial charge in [-0.2, -0.15) is 0 Å². The Kier molecular flexibility index (Phi) is 7.20. The summed E-state index contributed by atoms with van der Waals surface area (Å²) in [6, 6.07) is 18.8. The van der Waals surface area contributed by atoms with E-state index in [4.69, 9.17) is 16.3 Å². The van der Waals surface area contributed by atoms with Crippen molar-refractivity contribution in [2.45, 2.75) is 45.3 Å². The molecule has 2 aromatic carbocycles. The van der Waals surface area contributed by atoms with Crippen LogP contribution in [-0.2, 0) is 11.3 Å². The van der Waals surface area contributed by atoms with Crippen molar-refractivity contribution >= 4 is 17.7 Å². The molecule has 2 atom stereocenters. The molecule has 1 saturated heterocycles. The molecule has 0 unspecified atom stereocenters. The van der Waals surface area contributed by atoms with Crippen LogP contribution in [0.2, 0.25) is 5.02 Å². The van der Waals surface area contributed by atoms with Gasteiger partial charge in [-0.3, -0.25) is 4.90 Å². The molecule has 1 aliphatic heterocycles. The third-order valence-electron chi connectivity index (χ3n) is 5.25. The van der Waals surface area contributed by atoms with Crippen molar-refractivity contribution < 1.29 is 9.53 Å². The quantitative estimate of drug-likeness (QED) is 0.681. The predicted octanol–water partition coefficient (Wildman–Crippen LogP) is 5.47. The molecule has 2 aromatic rings. The third-order valence-corrected chi connectivity index (χ3v) is 5.50. The van der Waals surface area contributed by atoms with E-state index in [0.717, 1.165) is 31.1 Å². The van der Waals surface area contributed by atoms with E-state index in [0.29, 0.717) is 18.4 Å². The van der Waals surface area contributed by atoms with Gasteiger partial charge in [0.05, 0.1) is 0 Å². The van der Waals surface area contributed by atoms with E-state index < -0.39 is 5.60 Å².